The molecule has 114 valence electrons. The number of rotatable bonds is 7. The first kappa shape index (κ1) is 16.2. The number of aromatic nitrogens is 2. The lowest BCUT2D eigenvalue weighted by molar-refractivity contribution is 0.526. The van der Waals surface area contributed by atoms with Crippen LogP contribution in [0.2, 0.25) is 0 Å². The highest BCUT2D eigenvalue weighted by Crippen LogP contribution is 2.27. The Hall–Kier alpha value is -1.13. The number of aryl methyl sites for hydroxylation is 1. The first-order chi connectivity index (χ1) is 10.2. The second-order valence-electron chi connectivity index (χ2n) is 5.37. The number of nitrogens with zero attached hydrogens (tertiary/aromatic N) is 2. The summed E-state index contributed by atoms with van der Waals surface area (Å²) in [5, 5.41) is 8.05. The monoisotopic (exact) mass is 349 g/mol. The first-order valence-corrected chi connectivity index (χ1v) is 8.44. The lowest BCUT2D eigenvalue weighted by Gasteiger charge is -2.21. The molecule has 2 aromatic rings. The first-order valence-electron chi connectivity index (χ1n) is 7.65. The highest BCUT2D eigenvalue weighted by atomic mass is 79.9. The van der Waals surface area contributed by atoms with Crippen molar-refractivity contribution >= 4 is 15.9 Å². The van der Waals surface area contributed by atoms with E-state index in [4.69, 9.17) is 0 Å². The van der Waals surface area contributed by atoms with Gasteiger partial charge in [0.25, 0.3) is 0 Å². The van der Waals surface area contributed by atoms with Crippen LogP contribution in [0.5, 0.6) is 0 Å². The average Bonchev–Trinajstić information content (AvgIpc) is 2.94. The zero-order valence-electron chi connectivity index (χ0n) is 13.1. The van der Waals surface area contributed by atoms with Crippen LogP contribution in [0.4, 0.5) is 0 Å². The summed E-state index contributed by atoms with van der Waals surface area (Å²) in [7, 11) is 0. The fraction of sp³-hybridized carbons (Fsp3) is 0.471. The lowest BCUT2D eigenvalue weighted by Crippen LogP contribution is -2.24. The molecule has 0 aliphatic rings. The van der Waals surface area contributed by atoms with Gasteiger partial charge in [0.1, 0.15) is 0 Å². The number of halogens is 1. The smallest absolute Gasteiger partial charge is 0.0522 e. The Bertz CT molecular complexity index is 577. The quantitative estimate of drug-likeness (QED) is 0.809. The molecule has 1 atom stereocenters. The molecule has 0 fully saturated rings. The fourth-order valence-corrected chi connectivity index (χ4v) is 2.91. The van der Waals surface area contributed by atoms with Gasteiger partial charge in [-0.2, -0.15) is 5.10 Å². The highest BCUT2D eigenvalue weighted by molar-refractivity contribution is 9.10. The van der Waals surface area contributed by atoms with Crippen molar-refractivity contribution in [3.05, 3.63) is 51.8 Å². The van der Waals surface area contributed by atoms with Crippen LogP contribution in [-0.4, -0.2) is 16.3 Å². The molecule has 0 spiro atoms. The maximum atomic E-state index is 4.38. The van der Waals surface area contributed by atoms with Gasteiger partial charge in [0.15, 0.2) is 0 Å². The van der Waals surface area contributed by atoms with E-state index >= 15 is 0 Å². The topological polar surface area (TPSA) is 29.9 Å². The van der Waals surface area contributed by atoms with Crippen LogP contribution in [0.25, 0.3) is 0 Å². The van der Waals surface area contributed by atoms with E-state index in [2.05, 4.69) is 71.5 Å². The number of nitrogens with one attached hydrogen (secondary N) is 1. The lowest BCUT2D eigenvalue weighted by atomic mass is 9.96. The Balaban J connectivity index is 2.23. The van der Waals surface area contributed by atoms with Crippen LogP contribution in [0, 0.1) is 6.92 Å². The van der Waals surface area contributed by atoms with Crippen LogP contribution in [0.15, 0.2) is 35.1 Å². The van der Waals surface area contributed by atoms with Crippen molar-refractivity contribution in [2.75, 3.05) is 6.54 Å². The SMILES string of the molecule is CCCNC(Cc1cnn(CC)c1)c1cccc(Br)c1C. The molecular formula is C17H24BrN3. The van der Waals surface area contributed by atoms with E-state index in [1.165, 1.54) is 21.2 Å². The normalized spacial score (nSPS) is 12.6. The number of hydrogen-bond acceptors (Lipinski definition) is 2. The molecule has 0 amide bonds. The van der Waals surface area contributed by atoms with Crippen molar-refractivity contribution in [3.63, 3.8) is 0 Å². The van der Waals surface area contributed by atoms with Crippen LogP contribution in [0.3, 0.4) is 0 Å². The minimum Gasteiger partial charge on any atom is -0.310 e. The van der Waals surface area contributed by atoms with Gasteiger partial charge in [0.2, 0.25) is 0 Å². The van der Waals surface area contributed by atoms with Gasteiger partial charge in [-0.1, -0.05) is 35.0 Å². The summed E-state index contributed by atoms with van der Waals surface area (Å²) in [6, 6.07) is 6.77. The van der Waals surface area contributed by atoms with Crippen molar-refractivity contribution in [2.24, 2.45) is 0 Å². The highest BCUT2D eigenvalue weighted by Gasteiger charge is 2.15. The zero-order valence-corrected chi connectivity index (χ0v) is 14.7. The molecule has 0 aliphatic carbocycles. The van der Waals surface area contributed by atoms with Gasteiger partial charge in [0, 0.05) is 23.3 Å². The molecule has 0 radical (unpaired) electrons. The molecule has 1 unspecified atom stereocenters. The van der Waals surface area contributed by atoms with E-state index < -0.39 is 0 Å². The predicted molar refractivity (Wildman–Crippen MR) is 91.5 cm³/mol. The molecule has 2 rings (SSSR count). The maximum absolute atomic E-state index is 4.38. The second kappa shape index (κ2) is 7.76. The molecule has 0 bridgehead atoms. The summed E-state index contributed by atoms with van der Waals surface area (Å²) in [4.78, 5) is 0. The summed E-state index contributed by atoms with van der Waals surface area (Å²) in [5.74, 6) is 0. The molecule has 0 saturated carbocycles. The van der Waals surface area contributed by atoms with Crippen LogP contribution in [-0.2, 0) is 13.0 Å². The Kier molecular flexibility index (Phi) is 6.00. The van der Waals surface area contributed by atoms with Crippen molar-refractivity contribution < 1.29 is 0 Å². The summed E-state index contributed by atoms with van der Waals surface area (Å²) >= 11 is 3.64. The Labute approximate surface area is 135 Å². The van der Waals surface area contributed by atoms with E-state index in [0.29, 0.717) is 6.04 Å². The van der Waals surface area contributed by atoms with E-state index in [0.717, 1.165) is 25.9 Å². The van der Waals surface area contributed by atoms with E-state index in [1.54, 1.807) is 0 Å². The molecule has 1 heterocycles. The standard InChI is InChI=1S/C17H24BrN3/c1-4-9-19-17(10-14-11-20-21(5-2)12-14)15-7-6-8-16(18)13(15)3/h6-8,11-12,17,19H,4-5,9-10H2,1-3H3. The van der Waals surface area contributed by atoms with Crippen LogP contribution >= 0.6 is 15.9 Å². The molecule has 1 aromatic carbocycles. The fourth-order valence-electron chi connectivity index (χ4n) is 2.53. The van der Waals surface area contributed by atoms with Gasteiger partial charge in [-0.25, -0.2) is 0 Å². The van der Waals surface area contributed by atoms with Gasteiger partial charge < -0.3 is 5.32 Å². The maximum Gasteiger partial charge on any atom is 0.0522 e. The summed E-state index contributed by atoms with van der Waals surface area (Å²) in [6.07, 6.45) is 6.24. The minimum atomic E-state index is 0.331. The van der Waals surface area contributed by atoms with Gasteiger partial charge in [0.05, 0.1) is 6.20 Å². The van der Waals surface area contributed by atoms with E-state index in [1.807, 2.05) is 10.9 Å². The number of hydrogen-bond donors (Lipinski definition) is 1. The van der Waals surface area contributed by atoms with Gasteiger partial charge in [-0.15, -0.1) is 0 Å². The van der Waals surface area contributed by atoms with Crippen molar-refractivity contribution in [1.82, 2.24) is 15.1 Å². The van der Waals surface area contributed by atoms with Crippen molar-refractivity contribution in [3.8, 4) is 0 Å². The third-order valence-electron chi connectivity index (χ3n) is 3.78. The molecule has 1 N–H and O–H groups in total. The van der Waals surface area contributed by atoms with Gasteiger partial charge in [-0.05, 0) is 56.0 Å². The molecule has 0 saturated heterocycles. The zero-order chi connectivity index (χ0) is 15.2. The molecule has 3 nitrogen and oxygen atoms in total. The average molecular weight is 350 g/mol. The molecule has 1 aromatic heterocycles. The Morgan fingerprint density at radius 3 is 2.81 bits per heavy atom. The molecular weight excluding hydrogens is 326 g/mol. The predicted octanol–water partition coefficient (Wildman–Crippen LogP) is 4.26. The van der Waals surface area contributed by atoms with E-state index in [9.17, 15) is 0 Å². The van der Waals surface area contributed by atoms with Crippen LogP contribution in [0.1, 0.15) is 43.0 Å². The Morgan fingerprint density at radius 1 is 1.33 bits per heavy atom. The van der Waals surface area contributed by atoms with Gasteiger partial charge >= 0.3 is 0 Å². The Morgan fingerprint density at radius 2 is 2.14 bits per heavy atom. The molecule has 0 aliphatic heterocycles. The van der Waals surface area contributed by atoms with E-state index in [-0.39, 0.29) is 0 Å². The third kappa shape index (κ3) is 4.17. The minimum absolute atomic E-state index is 0.331. The van der Waals surface area contributed by atoms with Crippen molar-refractivity contribution in [1.29, 1.82) is 0 Å². The molecule has 21 heavy (non-hydrogen) atoms. The van der Waals surface area contributed by atoms with Crippen molar-refractivity contribution in [2.45, 2.75) is 46.2 Å². The summed E-state index contributed by atoms with van der Waals surface area (Å²) < 4.78 is 3.16. The summed E-state index contributed by atoms with van der Waals surface area (Å²) in [6.45, 7) is 8.44. The van der Waals surface area contributed by atoms with Crippen LogP contribution < -0.4 is 5.32 Å². The third-order valence-corrected chi connectivity index (χ3v) is 4.64. The van der Waals surface area contributed by atoms with Gasteiger partial charge in [-0.3, -0.25) is 4.68 Å². The largest absolute Gasteiger partial charge is 0.310 e. The molecule has 4 heteroatoms. The number of benzene rings is 1. The second-order valence-corrected chi connectivity index (χ2v) is 6.22. The summed E-state index contributed by atoms with van der Waals surface area (Å²) in [5.41, 5.74) is 3.96.